The van der Waals surface area contributed by atoms with Crippen molar-refractivity contribution in [2.75, 3.05) is 25.4 Å². The van der Waals surface area contributed by atoms with Crippen LogP contribution in [-0.4, -0.2) is 31.3 Å². The van der Waals surface area contributed by atoms with E-state index in [0.29, 0.717) is 40.6 Å². The van der Waals surface area contributed by atoms with E-state index in [2.05, 4.69) is 5.16 Å². The summed E-state index contributed by atoms with van der Waals surface area (Å²) in [6.45, 7) is 1.07. The SMILES string of the molecule is COc1cc(-c2noc3c2CCCC3OCc2cc(F)cc(F)c2)ccc1N(CF)CC(C)=N. The average Bonchev–Trinajstić information content (AvgIpc) is 3.25. The molecule has 9 heteroatoms. The van der Waals surface area contributed by atoms with E-state index in [9.17, 15) is 13.2 Å². The second-order valence-electron chi connectivity index (χ2n) is 8.33. The zero-order valence-corrected chi connectivity index (χ0v) is 19.0. The average molecular weight is 473 g/mol. The van der Waals surface area contributed by atoms with E-state index in [0.717, 1.165) is 30.0 Å². The van der Waals surface area contributed by atoms with Gasteiger partial charge in [0.05, 0.1) is 25.9 Å². The van der Waals surface area contributed by atoms with Crippen molar-refractivity contribution in [1.82, 2.24) is 5.16 Å². The smallest absolute Gasteiger partial charge is 0.169 e. The normalized spacial score (nSPS) is 15.1. The molecule has 1 unspecified atom stereocenters. The monoisotopic (exact) mass is 473 g/mol. The third-order valence-corrected chi connectivity index (χ3v) is 5.74. The lowest BCUT2D eigenvalue weighted by molar-refractivity contribution is 0.00994. The molecule has 6 nitrogen and oxygen atoms in total. The van der Waals surface area contributed by atoms with Gasteiger partial charge in [0.2, 0.25) is 0 Å². The molecule has 0 saturated carbocycles. The largest absolute Gasteiger partial charge is 0.495 e. The molecule has 34 heavy (non-hydrogen) atoms. The Morgan fingerprint density at radius 1 is 1.21 bits per heavy atom. The van der Waals surface area contributed by atoms with Crippen LogP contribution in [0.3, 0.4) is 0 Å². The Morgan fingerprint density at radius 2 is 1.97 bits per heavy atom. The molecule has 1 atom stereocenters. The van der Waals surface area contributed by atoms with Gasteiger partial charge in [0.1, 0.15) is 29.2 Å². The molecular weight excluding hydrogens is 447 g/mol. The lowest BCUT2D eigenvalue weighted by atomic mass is 9.92. The van der Waals surface area contributed by atoms with Gasteiger partial charge in [-0.25, -0.2) is 13.2 Å². The minimum atomic E-state index is -0.750. The van der Waals surface area contributed by atoms with Crippen LogP contribution in [0.1, 0.15) is 42.8 Å². The maximum Gasteiger partial charge on any atom is 0.169 e. The molecule has 4 rings (SSSR count). The fourth-order valence-electron chi connectivity index (χ4n) is 4.25. The molecule has 0 radical (unpaired) electrons. The molecule has 0 spiro atoms. The number of fused-ring (bicyclic) bond motifs is 1. The quantitative estimate of drug-likeness (QED) is 0.305. The number of rotatable bonds is 9. The van der Waals surface area contributed by atoms with E-state index < -0.39 is 18.4 Å². The number of nitrogens with zero attached hydrogens (tertiary/aromatic N) is 2. The molecule has 0 fully saturated rings. The number of anilines is 1. The first-order valence-electron chi connectivity index (χ1n) is 11.0. The Hall–Kier alpha value is -3.33. The second-order valence-corrected chi connectivity index (χ2v) is 8.33. The van der Waals surface area contributed by atoms with Crippen molar-refractivity contribution in [3.63, 3.8) is 0 Å². The fourth-order valence-corrected chi connectivity index (χ4v) is 4.25. The maximum atomic E-state index is 13.6. The standard InChI is InChI=1S/C25H26F3N3O3/c1-15(29)12-31(14-26)21-7-6-17(10-23(21)32-2)24-20-4-3-5-22(25(20)34-30-24)33-13-16-8-18(27)11-19(28)9-16/h6-11,22,29H,3-5,12-14H2,1-2H3. The van der Waals surface area contributed by atoms with Crippen LogP contribution in [0.25, 0.3) is 11.3 Å². The Kier molecular flexibility index (Phi) is 7.21. The summed E-state index contributed by atoms with van der Waals surface area (Å²) in [7, 11) is 1.51. The molecule has 0 aliphatic heterocycles. The van der Waals surface area contributed by atoms with E-state index in [1.54, 1.807) is 19.1 Å². The van der Waals surface area contributed by atoms with Gasteiger partial charge in [0, 0.05) is 22.9 Å². The van der Waals surface area contributed by atoms with Crippen molar-refractivity contribution in [3.05, 3.63) is 64.9 Å². The van der Waals surface area contributed by atoms with E-state index in [1.807, 2.05) is 6.07 Å². The molecule has 1 aliphatic rings. The summed E-state index contributed by atoms with van der Waals surface area (Å²) in [6.07, 6.45) is 1.91. The molecule has 1 aromatic heterocycles. The highest BCUT2D eigenvalue weighted by Gasteiger charge is 2.29. The van der Waals surface area contributed by atoms with Crippen molar-refractivity contribution in [2.45, 2.75) is 38.9 Å². The Morgan fingerprint density at radius 3 is 2.65 bits per heavy atom. The van der Waals surface area contributed by atoms with Crippen LogP contribution in [-0.2, 0) is 17.8 Å². The van der Waals surface area contributed by atoms with E-state index in [-0.39, 0.29) is 19.3 Å². The van der Waals surface area contributed by atoms with Crippen LogP contribution in [0, 0.1) is 17.0 Å². The van der Waals surface area contributed by atoms with E-state index in [4.69, 9.17) is 19.4 Å². The number of nitrogens with one attached hydrogen (secondary N) is 1. The summed E-state index contributed by atoms with van der Waals surface area (Å²) in [4.78, 5) is 1.42. The van der Waals surface area contributed by atoms with Crippen LogP contribution in [0.2, 0.25) is 0 Å². The highest BCUT2D eigenvalue weighted by atomic mass is 19.1. The molecule has 0 bridgehead atoms. The molecule has 0 amide bonds. The fraction of sp³-hybridized carbons (Fsp3) is 0.360. The predicted octanol–water partition coefficient (Wildman–Crippen LogP) is 6.00. The zero-order valence-electron chi connectivity index (χ0n) is 19.0. The molecular formula is C25H26F3N3O3. The Balaban J connectivity index is 1.57. The first-order valence-corrected chi connectivity index (χ1v) is 11.0. The molecule has 2 aromatic carbocycles. The molecule has 180 valence electrons. The van der Waals surface area contributed by atoms with Crippen molar-refractivity contribution >= 4 is 11.4 Å². The van der Waals surface area contributed by atoms with Crippen LogP contribution >= 0.6 is 0 Å². The third-order valence-electron chi connectivity index (χ3n) is 5.74. The topological polar surface area (TPSA) is 71.6 Å². The number of hydrogen-bond donors (Lipinski definition) is 1. The summed E-state index contributed by atoms with van der Waals surface area (Å²) in [5.41, 5.74) is 3.60. The van der Waals surface area contributed by atoms with Crippen molar-refractivity contribution in [1.29, 1.82) is 5.41 Å². The molecule has 1 N–H and O–H groups in total. The molecule has 0 saturated heterocycles. The van der Waals surface area contributed by atoms with Crippen molar-refractivity contribution < 1.29 is 27.2 Å². The minimum Gasteiger partial charge on any atom is -0.495 e. The molecule has 1 aliphatic carbocycles. The summed E-state index contributed by atoms with van der Waals surface area (Å²) in [5, 5.41) is 11.9. The first kappa shape index (κ1) is 23.8. The number of benzene rings is 2. The summed E-state index contributed by atoms with van der Waals surface area (Å²) in [6, 6.07) is 8.64. The predicted molar refractivity (Wildman–Crippen MR) is 122 cm³/mol. The summed E-state index contributed by atoms with van der Waals surface area (Å²) >= 11 is 0. The van der Waals surface area contributed by atoms with E-state index in [1.165, 1.54) is 24.1 Å². The first-order chi connectivity index (χ1) is 16.4. The van der Waals surface area contributed by atoms with Crippen molar-refractivity contribution in [3.8, 4) is 17.0 Å². The van der Waals surface area contributed by atoms with Gasteiger partial charge in [0.15, 0.2) is 12.6 Å². The Labute approximate surface area is 195 Å². The van der Waals surface area contributed by atoms with Crippen LogP contribution in [0.15, 0.2) is 40.9 Å². The van der Waals surface area contributed by atoms with Crippen LogP contribution < -0.4 is 9.64 Å². The van der Waals surface area contributed by atoms with Gasteiger partial charge in [-0.3, -0.25) is 0 Å². The number of aromatic nitrogens is 1. The molecule has 3 aromatic rings. The Bertz CT molecular complexity index is 1160. The number of halogens is 3. The lowest BCUT2D eigenvalue weighted by Gasteiger charge is -2.23. The highest BCUT2D eigenvalue weighted by Crippen LogP contribution is 2.40. The highest BCUT2D eigenvalue weighted by molar-refractivity contribution is 5.84. The number of alkyl halides is 1. The van der Waals surface area contributed by atoms with Gasteiger partial charge in [-0.05, 0) is 56.0 Å². The van der Waals surface area contributed by atoms with Gasteiger partial charge < -0.3 is 24.3 Å². The third kappa shape index (κ3) is 5.09. The maximum absolute atomic E-state index is 13.6. The van der Waals surface area contributed by atoms with Gasteiger partial charge in [-0.2, -0.15) is 0 Å². The number of methoxy groups -OCH3 is 1. The summed E-state index contributed by atoms with van der Waals surface area (Å²) in [5.74, 6) is -0.232. The summed E-state index contributed by atoms with van der Waals surface area (Å²) < 4.78 is 57.6. The second kappa shape index (κ2) is 10.3. The number of ether oxygens (including phenoxy) is 2. The van der Waals surface area contributed by atoms with Gasteiger partial charge >= 0.3 is 0 Å². The van der Waals surface area contributed by atoms with Crippen molar-refractivity contribution in [2.24, 2.45) is 0 Å². The molecule has 1 heterocycles. The van der Waals surface area contributed by atoms with Gasteiger partial charge in [0.25, 0.3) is 0 Å². The van der Waals surface area contributed by atoms with Crippen LogP contribution in [0.4, 0.5) is 18.9 Å². The number of hydrogen-bond acceptors (Lipinski definition) is 6. The minimum absolute atomic E-state index is 0.0445. The lowest BCUT2D eigenvalue weighted by Crippen LogP contribution is -2.27. The van der Waals surface area contributed by atoms with Crippen LogP contribution in [0.5, 0.6) is 5.75 Å². The van der Waals surface area contributed by atoms with E-state index >= 15 is 0 Å². The van der Waals surface area contributed by atoms with Gasteiger partial charge in [-0.1, -0.05) is 11.2 Å². The zero-order chi connectivity index (χ0) is 24.2. The van der Waals surface area contributed by atoms with Gasteiger partial charge in [-0.15, -0.1) is 0 Å².